The highest BCUT2D eigenvalue weighted by atomic mass is 19.4. The third kappa shape index (κ3) is 5.61. The second-order valence-corrected chi connectivity index (χ2v) is 9.35. The Morgan fingerprint density at radius 3 is 2.42 bits per heavy atom. The van der Waals surface area contributed by atoms with Gasteiger partial charge in [-0.1, -0.05) is 6.07 Å². The van der Waals surface area contributed by atoms with E-state index < -0.39 is 18.7 Å². The molecule has 2 N–H and O–H groups in total. The number of methoxy groups -OCH3 is 2. The molecule has 0 bridgehead atoms. The first kappa shape index (κ1) is 25.9. The number of aliphatic hydroxyl groups is 1. The van der Waals surface area contributed by atoms with Crippen LogP contribution < -0.4 is 9.47 Å². The van der Waals surface area contributed by atoms with E-state index in [9.17, 15) is 23.1 Å². The number of aromatic amines is 1. The second-order valence-electron chi connectivity index (χ2n) is 9.35. The first-order valence-corrected chi connectivity index (χ1v) is 12.0. The van der Waals surface area contributed by atoms with Crippen molar-refractivity contribution < 1.29 is 32.5 Å². The minimum atomic E-state index is -4.38. The number of nitrogens with one attached hydrogen (secondary N) is 1. The molecule has 2 aromatic carbocycles. The SMILES string of the molecule is COc1ccc(-c2[nH]c3ccc(C4CCN(C(=O)C[C@H](C)O)CC4)cc3c2CC(F)(F)F)cc1OC. The number of nitrogens with zero attached hydrogens (tertiary/aromatic N) is 1. The Hall–Kier alpha value is -3.20. The Morgan fingerprint density at radius 2 is 1.81 bits per heavy atom. The molecule has 1 aliphatic heterocycles. The minimum Gasteiger partial charge on any atom is -0.493 e. The molecule has 0 radical (unpaired) electrons. The van der Waals surface area contributed by atoms with E-state index in [0.717, 1.165) is 18.4 Å². The highest BCUT2D eigenvalue weighted by molar-refractivity contribution is 5.92. The monoisotopic (exact) mass is 504 g/mol. The number of halogens is 3. The van der Waals surface area contributed by atoms with Gasteiger partial charge in [0.05, 0.1) is 38.9 Å². The molecule has 1 fully saturated rings. The molecule has 4 rings (SSSR count). The lowest BCUT2D eigenvalue weighted by Crippen LogP contribution is -2.39. The second kappa shape index (κ2) is 10.4. The number of alkyl halides is 3. The molecule has 1 saturated heterocycles. The van der Waals surface area contributed by atoms with Crippen molar-refractivity contribution in [3.63, 3.8) is 0 Å². The lowest BCUT2D eigenvalue weighted by Gasteiger charge is -2.32. The quantitative estimate of drug-likeness (QED) is 0.450. The summed E-state index contributed by atoms with van der Waals surface area (Å²) < 4.78 is 51.6. The van der Waals surface area contributed by atoms with Crippen LogP contribution in [0.3, 0.4) is 0 Å². The van der Waals surface area contributed by atoms with E-state index >= 15 is 0 Å². The number of hydrogen-bond donors (Lipinski definition) is 2. The zero-order valence-electron chi connectivity index (χ0n) is 20.6. The first-order valence-electron chi connectivity index (χ1n) is 12.0. The molecule has 0 saturated carbocycles. The van der Waals surface area contributed by atoms with Crippen molar-refractivity contribution in [3.8, 4) is 22.8 Å². The summed E-state index contributed by atoms with van der Waals surface area (Å²) in [6, 6.07) is 10.7. The molecule has 0 aliphatic carbocycles. The van der Waals surface area contributed by atoms with E-state index in [4.69, 9.17) is 9.47 Å². The number of carbonyl (C=O) groups is 1. The van der Waals surface area contributed by atoms with Gasteiger partial charge in [0.2, 0.25) is 5.91 Å². The summed E-state index contributed by atoms with van der Waals surface area (Å²) in [7, 11) is 2.99. The van der Waals surface area contributed by atoms with Gasteiger partial charge in [-0.15, -0.1) is 0 Å². The average molecular weight is 505 g/mol. The summed E-state index contributed by atoms with van der Waals surface area (Å²) in [4.78, 5) is 17.2. The number of hydrogen-bond acceptors (Lipinski definition) is 4. The van der Waals surface area contributed by atoms with Gasteiger partial charge >= 0.3 is 6.18 Å². The van der Waals surface area contributed by atoms with Crippen LogP contribution in [0.15, 0.2) is 36.4 Å². The summed E-state index contributed by atoms with van der Waals surface area (Å²) in [5.74, 6) is 0.999. The molecule has 1 aromatic heterocycles. The fourth-order valence-electron chi connectivity index (χ4n) is 4.99. The molecule has 1 aliphatic rings. The highest BCUT2D eigenvalue weighted by Crippen LogP contribution is 2.40. The number of amides is 1. The van der Waals surface area contributed by atoms with Gasteiger partial charge in [0.25, 0.3) is 0 Å². The van der Waals surface area contributed by atoms with Gasteiger partial charge in [-0.2, -0.15) is 13.2 Å². The van der Waals surface area contributed by atoms with Crippen LogP contribution in [0.25, 0.3) is 22.2 Å². The Morgan fingerprint density at radius 1 is 1.11 bits per heavy atom. The Balaban J connectivity index is 1.67. The topological polar surface area (TPSA) is 74.8 Å². The minimum absolute atomic E-state index is 0.0726. The van der Waals surface area contributed by atoms with E-state index in [0.29, 0.717) is 46.7 Å². The molecule has 0 spiro atoms. The van der Waals surface area contributed by atoms with Crippen molar-refractivity contribution in [3.05, 3.63) is 47.5 Å². The van der Waals surface area contributed by atoms with Crippen molar-refractivity contribution in [2.24, 2.45) is 0 Å². The number of carbonyl (C=O) groups excluding carboxylic acids is 1. The summed E-state index contributed by atoms with van der Waals surface area (Å²) in [5, 5.41) is 10.0. The molecule has 6 nitrogen and oxygen atoms in total. The maximum Gasteiger partial charge on any atom is 0.393 e. The number of piperidine rings is 1. The number of benzene rings is 2. The predicted octanol–water partition coefficient (Wildman–Crippen LogP) is 5.43. The Labute approximate surface area is 208 Å². The van der Waals surface area contributed by atoms with Gasteiger partial charge in [-0.3, -0.25) is 4.79 Å². The largest absolute Gasteiger partial charge is 0.493 e. The average Bonchev–Trinajstić information content (AvgIpc) is 3.19. The lowest BCUT2D eigenvalue weighted by molar-refractivity contribution is -0.134. The van der Waals surface area contributed by atoms with Crippen LogP contribution in [-0.4, -0.2) is 60.5 Å². The van der Waals surface area contributed by atoms with Gasteiger partial charge in [0.15, 0.2) is 11.5 Å². The molecule has 2 heterocycles. The molecule has 9 heteroatoms. The van der Waals surface area contributed by atoms with Gasteiger partial charge in [-0.25, -0.2) is 0 Å². The van der Waals surface area contributed by atoms with E-state index in [2.05, 4.69) is 4.98 Å². The van der Waals surface area contributed by atoms with Crippen LogP contribution in [0.1, 0.15) is 43.2 Å². The van der Waals surface area contributed by atoms with E-state index in [1.54, 1.807) is 30.0 Å². The van der Waals surface area contributed by atoms with Crippen molar-refractivity contribution in [2.75, 3.05) is 27.3 Å². The Kier molecular flexibility index (Phi) is 7.49. The third-order valence-electron chi connectivity index (χ3n) is 6.77. The summed E-state index contributed by atoms with van der Waals surface area (Å²) in [6.45, 7) is 2.72. The normalized spacial score (nSPS) is 15.8. The van der Waals surface area contributed by atoms with E-state index in [1.807, 2.05) is 18.2 Å². The zero-order chi connectivity index (χ0) is 26.0. The summed E-state index contributed by atoms with van der Waals surface area (Å²) >= 11 is 0. The lowest BCUT2D eigenvalue weighted by atomic mass is 9.88. The van der Waals surface area contributed by atoms with Gasteiger partial charge in [0, 0.05) is 29.6 Å². The maximum atomic E-state index is 13.7. The zero-order valence-corrected chi connectivity index (χ0v) is 20.6. The van der Waals surface area contributed by atoms with Gasteiger partial charge in [0.1, 0.15) is 0 Å². The van der Waals surface area contributed by atoms with Crippen LogP contribution >= 0.6 is 0 Å². The van der Waals surface area contributed by atoms with E-state index in [-0.39, 0.29) is 23.8 Å². The molecular weight excluding hydrogens is 473 g/mol. The standard InChI is InChI=1S/C27H31F3N2O4/c1-16(33)12-25(34)32-10-8-17(9-11-32)18-4-6-22-20(13-18)21(15-27(28,29)30)26(31-22)19-5-7-23(35-2)24(14-19)36-3/h4-7,13-14,16-17,31,33H,8-12,15H2,1-3H3/t16-/m0/s1. The number of aromatic nitrogens is 1. The smallest absolute Gasteiger partial charge is 0.393 e. The van der Waals surface area contributed by atoms with Gasteiger partial charge < -0.3 is 24.5 Å². The summed E-state index contributed by atoms with van der Waals surface area (Å²) in [6.07, 6.45) is -4.59. The van der Waals surface area contributed by atoms with Crippen LogP contribution in [0.4, 0.5) is 13.2 Å². The number of aliphatic hydroxyl groups excluding tert-OH is 1. The molecule has 194 valence electrons. The molecule has 1 amide bonds. The number of rotatable bonds is 7. The van der Waals surface area contributed by atoms with Gasteiger partial charge in [-0.05, 0) is 67.1 Å². The molecular formula is C27H31F3N2O4. The highest BCUT2D eigenvalue weighted by Gasteiger charge is 2.32. The van der Waals surface area contributed by atoms with Crippen molar-refractivity contribution in [1.82, 2.24) is 9.88 Å². The molecule has 3 aromatic rings. The van der Waals surface area contributed by atoms with Crippen LogP contribution in [0.2, 0.25) is 0 Å². The molecule has 1 atom stereocenters. The van der Waals surface area contributed by atoms with Crippen molar-refractivity contribution in [2.45, 2.75) is 50.8 Å². The van der Waals surface area contributed by atoms with Crippen LogP contribution in [0, 0.1) is 0 Å². The van der Waals surface area contributed by atoms with Crippen LogP contribution in [0.5, 0.6) is 11.5 Å². The maximum absolute atomic E-state index is 13.7. The van der Waals surface area contributed by atoms with Crippen molar-refractivity contribution in [1.29, 1.82) is 0 Å². The number of fused-ring (bicyclic) bond motifs is 1. The molecule has 0 unspecified atom stereocenters. The van der Waals surface area contributed by atoms with Crippen molar-refractivity contribution >= 4 is 16.8 Å². The fourth-order valence-corrected chi connectivity index (χ4v) is 4.99. The van der Waals surface area contributed by atoms with Crippen LogP contribution in [-0.2, 0) is 11.2 Å². The predicted molar refractivity (Wildman–Crippen MR) is 131 cm³/mol. The summed E-state index contributed by atoms with van der Waals surface area (Å²) in [5.41, 5.74) is 2.77. The number of ether oxygens (including phenoxy) is 2. The molecule has 36 heavy (non-hydrogen) atoms. The number of likely N-dealkylation sites (tertiary alicyclic amines) is 1. The third-order valence-corrected chi connectivity index (χ3v) is 6.77. The van der Waals surface area contributed by atoms with E-state index in [1.165, 1.54) is 14.2 Å². The number of H-pyrrole nitrogens is 1. The first-order chi connectivity index (χ1) is 17.1. The Bertz CT molecular complexity index is 1230. The fraction of sp³-hybridized carbons (Fsp3) is 0.444.